The molecule has 1 amide bonds. The van der Waals surface area contributed by atoms with Crippen LogP contribution >= 0.6 is 0 Å². The Morgan fingerprint density at radius 2 is 2.15 bits per heavy atom. The van der Waals surface area contributed by atoms with Gasteiger partial charge < -0.3 is 10.1 Å². The summed E-state index contributed by atoms with van der Waals surface area (Å²) in [5.74, 6) is 2.48. The summed E-state index contributed by atoms with van der Waals surface area (Å²) in [5.41, 5.74) is 1.93. The quantitative estimate of drug-likeness (QED) is 0.890. The number of carbonyl (C=O) groups is 1. The van der Waals surface area contributed by atoms with Crippen molar-refractivity contribution in [1.82, 2.24) is 0 Å². The van der Waals surface area contributed by atoms with Gasteiger partial charge >= 0.3 is 0 Å². The Hall–Kier alpha value is -1.35. The highest BCUT2D eigenvalue weighted by atomic mass is 16.5. The molecule has 1 N–H and O–H groups in total. The third kappa shape index (κ3) is 2.88. The fraction of sp³-hybridized carbons (Fsp3) is 0.588. The average Bonchev–Trinajstić information content (AvgIpc) is 3.03. The van der Waals surface area contributed by atoms with Gasteiger partial charge in [-0.05, 0) is 43.1 Å². The van der Waals surface area contributed by atoms with Crippen molar-refractivity contribution in [2.24, 2.45) is 17.8 Å². The van der Waals surface area contributed by atoms with Gasteiger partial charge in [0.25, 0.3) is 0 Å². The van der Waals surface area contributed by atoms with E-state index in [4.69, 9.17) is 4.74 Å². The number of anilines is 1. The lowest BCUT2D eigenvalue weighted by atomic mass is 9.86. The Labute approximate surface area is 120 Å². The molecule has 2 aliphatic rings. The Morgan fingerprint density at radius 3 is 2.85 bits per heavy atom. The number of nitrogens with one attached hydrogen (secondary N) is 1. The summed E-state index contributed by atoms with van der Waals surface area (Å²) in [6.45, 7) is 0.532. The molecule has 2 bridgehead atoms. The first-order chi connectivity index (χ1) is 9.76. The molecule has 0 spiro atoms. The number of methoxy groups -OCH3 is 1. The topological polar surface area (TPSA) is 38.3 Å². The van der Waals surface area contributed by atoms with Gasteiger partial charge in [0.1, 0.15) is 0 Å². The van der Waals surface area contributed by atoms with Crippen LogP contribution in [0.3, 0.4) is 0 Å². The molecule has 2 saturated carbocycles. The van der Waals surface area contributed by atoms with Crippen LogP contribution in [-0.4, -0.2) is 13.0 Å². The lowest BCUT2D eigenvalue weighted by Gasteiger charge is -2.21. The van der Waals surface area contributed by atoms with Crippen molar-refractivity contribution < 1.29 is 9.53 Å². The van der Waals surface area contributed by atoms with Crippen LogP contribution in [0.4, 0.5) is 5.69 Å². The molecule has 0 aromatic heterocycles. The van der Waals surface area contributed by atoms with E-state index in [0.29, 0.717) is 18.9 Å². The molecule has 20 heavy (non-hydrogen) atoms. The molecule has 3 nitrogen and oxygen atoms in total. The highest BCUT2D eigenvalue weighted by Gasteiger charge is 2.40. The van der Waals surface area contributed by atoms with E-state index in [9.17, 15) is 4.79 Å². The van der Waals surface area contributed by atoms with E-state index in [1.54, 1.807) is 7.11 Å². The second-order valence-electron chi connectivity index (χ2n) is 6.28. The highest BCUT2D eigenvalue weighted by molar-refractivity contribution is 5.91. The number of ether oxygens (including phenoxy) is 1. The number of carbonyl (C=O) groups excluding carboxylic acids is 1. The molecule has 0 radical (unpaired) electrons. The first-order valence-electron chi connectivity index (χ1n) is 7.63. The number of hydrogen-bond acceptors (Lipinski definition) is 2. The maximum atomic E-state index is 12.2. The van der Waals surface area contributed by atoms with Crippen molar-refractivity contribution >= 4 is 11.6 Å². The van der Waals surface area contributed by atoms with E-state index in [1.165, 1.54) is 25.7 Å². The zero-order valence-electron chi connectivity index (χ0n) is 12.1. The molecule has 0 heterocycles. The minimum absolute atomic E-state index is 0.158. The maximum absolute atomic E-state index is 12.2. The molecule has 108 valence electrons. The molecule has 1 aromatic carbocycles. The number of amides is 1. The maximum Gasteiger partial charge on any atom is 0.224 e. The van der Waals surface area contributed by atoms with E-state index in [1.807, 2.05) is 24.3 Å². The highest BCUT2D eigenvalue weighted by Crippen LogP contribution is 2.49. The van der Waals surface area contributed by atoms with Crippen LogP contribution in [0.15, 0.2) is 24.3 Å². The zero-order valence-corrected chi connectivity index (χ0v) is 12.1. The fourth-order valence-corrected chi connectivity index (χ4v) is 3.99. The number of benzene rings is 1. The van der Waals surface area contributed by atoms with Gasteiger partial charge in [-0.3, -0.25) is 4.79 Å². The summed E-state index contributed by atoms with van der Waals surface area (Å²) < 4.78 is 5.17. The second-order valence-corrected chi connectivity index (χ2v) is 6.28. The van der Waals surface area contributed by atoms with E-state index in [-0.39, 0.29) is 5.91 Å². The summed E-state index contributed by atoms with van der Waals surface area (Å²) in [6.07, 6.45) is 6.03. The minimum atomic E-state index is 0.158. The first-order valence-corrected chi connectivity index (χ1v) is 7.63. The van der Waals surface area contributed by atoms with Crippen molar-refractivity contribution in [2.75, 3.05) is 12.4 Å². The molecule has 0 unspecified atom stereocenters. The predicted molar refractivity (Wildman–Crippen MR) is 79.3 cm³/mol. The van der Waals surface area contributed by atoms with Gasteiger partial charge in [-0.1, -0.05) is 24.6 Å². The van der Waals surface area contributed by atoms with E-state index < -0.39 is 0 Å². The van der Waals surface area contributed by atoms with Crippen molar-refractivity contribution in [1.29, 1.82) is 0 Å². The standard InChI is InChI=1S/C17H23NO2/c1-20-11-14-4-2-3-5-16(14)18-17(19)10-15-9-12-6-7-13(15)8-12/h2-5,12-13,15H,6-11H2,1H3,(H,18,19)/t12-,13-,15+/m0/s1. The molecule has 2 aliphatic carbocycles. The van der Waals surface area contributed by atoms with Crippen LogP contribution in [0.2, 0.25) is 0 Å². The lowest BCUT2D eigenvalue weighted by Crippen LogP contribution is -2.20. The number of fused-ring (bicyclic) bond motifs is 2. The molecule has 0 saturated heterocycles. The largest absolute Gasteiger partial charge is 0.380 e. The normalized spacial score (nSPS) is 27.8. The third-order valence-corrected chi connectivity index (χ3v) is 4.92. The molecule has 0 aliphatic heterocycles. The predicted octanol–water partition coefficient (Wildman–Crippen LogP) is 3.60. The molecular weight excluding hydrogens is 250 g/mol. The Balaban J connectivity index is 1.59. The van der Waals surface area contributed by atoms with Gasteiger partial charge in [-0.25, -0.2) is 0 Å². The van der Waals surface area contributed by atoms with Gasteiger partial charge in [0.15, 0.2) is 0 Å². The number of rotatable bonds is 5. The van der Waals surface area contributed by atoms with E-state index >= 15 is 0 Å². The number of hydrogen-bond donors (Lipinski definition) is 1. The second kappa shape index (κ2) is 5.96. The van der Waals surface area contributed by atoms with Crippen LogP contribution in [0.25, 0.3) is 0 Å². The van der Waals surface area contributed by atoms with Gasteiger partial charge in [0.05, 0.1) is 6.61 Å². The molecule has 3 atom stereocenters. The molecular formula is C17H23NO2. The average molecular weight is 273 g/mol. The fourth-order valence-electron chi connectivity index (χ4n) is 3.99. The minimum Gasteiger partial charge on any atom is -0.380 e. The smallest absolute Gasteiger partial charge is 0.224 e. The molecule has 3 heteroatoms. The Kier molecular flexibility index (Phi) is 4.06. The Bertz CT molecular complexity index is 486. The summed E-state index contributed by atoms with van der Waals surface area (Å²) in [4.78, 5) is 12.2. The molecule has 2 fully saturated rings. The van der Waals surface area contributed by atoms with Crippen LogP contribution in [0.1, 0.15) is 37.7 Å². The van der Waals surface area contributed by atoms with Gasteiger partial charge in [0, 0.05) is 24.8 Å². The molecule has 3 rings (SSSR count). The summed E-state index contributed by atoms with van der Waals surface area (Å²) in [6, 6.07) is 7.87. The van der Waals surface area contributed by atoms with Gasteiger partial charge in [0.2, 0.25) is 5.91 Å². The van der Waals surface area contributed by atoms with Gasteiger partial charge in [-0.2, -0.15) is 0 Å². The number of para-hydroxylation sites is 1. The van der Waals surface area contributed by atoms with Crippen molar-refractivity contribution in [3.8, 4) is 0 Å². The lowest BCUT2D eigenvalue weighted by molar-refractivity contribution is -0.117. The van der Waals surface area contributed by atoms with Crippen LogP contribution < -0.4 is 5.32 Å². The van der Waals surface area contributed by atoms with E-state index in [2.05, 4.69) is 5.32 Å². The van der Waals surface area contributed by atoms with Crippen LogP contribution in [-0.2, 0) is 16.1 Å². The van der Waals surface area contributed by atoms with Crippen LogP contribution in [0, 0.1) is 17.8 Å². The SMILES string of the molecule is COCc1ccccc1NC(=O)C[C@H]1C[C@H]2CC[C@H]1C2. The summed E-state index contributed by atoms with van der Waals surface area (Å²) in [5, 5.41) is 3.06. The third-order valence-electron chi connectivity index (χ3n) is 4.92. The van der Waals surface area contributed by atoms with Gasteiger partial charge in [-0.15, -0.1) is 0 Å². The van der Waals surface area contributed by atoms with Crippen molar-refractivity contribution in [3.05, 3.63) is 29.8 Å². The molecule has 1 aromatic rings. The van der Waals surface area contributed by atoms with E-state index in [0.717, 1.165) is 23.1 Å². The zero-order chi connectivity index (χ0) is 13.9. The van der Waals surface area contributed by atoms with Crippen LogP contribution in [0.5, 0.6) is 0 Å². The Morgan fingerprint density at radius 1 is 1.30 bits per heavy atom. The first kappa shape index (κ1) is 13.6. The van der Waals surface area contributed by atoms with Crippen molar-refractivity contribution in [2.45, 2.75) is 38.7 Å². The monoisotopic (exact) mass is 273 g/mol. The summed E-state index contributed by atoms with van der Waals surface area (Å²) >= 11 is 0. The van der Waals surface area contributed by atoms with Crippen molar-refractivity contribution in [3.63, 3.8) is 0 Å². The summed E-state index contributed by atoms with van der Waals surface area (Å²) in [7, 11) is 1.67.